The maximum atomic E-state index is 3.57. The number of anilines is 2. The second-order valence-corrected chi connectivity index (χ2v) is 4.33. The smallest absolute Gasteiger partial charge is 0.0746 e. The van der Waals surface area contributed by atoms with Crippen LogP contribution in [0.4, 0.5) is 11.4 Å². The van der Waals surface area contributed by atoms with Crippen molar-refractivity contribution in [3.05, 3.63) is 22.7 Å². The monoisotopic (exact) mass is 240 g/mol. The molecule has 13 heavy (non-hydrogen) atoms. The molecular weight excluding hydrogens is 228 g/mol. The summed E-state index contributed by atoms with van der Waals surface area (Å²) in [6.07, 6.45) is 0. The highest BCUT2D eigenvalue weighted by Crippen LogP contribution is 2.36. The predicted octanol–water partition coefficient (Wildman–Crippen LogP) is 2.70. The first-order valence-corrected chi connectivity index (χ1v) is 5.24. The summed E-state index contributed by atoms with van der Waals surface area (Å²) in [7, 11) is 2.13. The first kappa shape index (κ1) is 8.88. The Labute approximate surface area is 87.1 Å². The summed E-state index contributed by atoms with van der Waals surface area (Å²) in [6, 6.07) is 6.79. The summed E-state index contributed by atoms with van der Waals surface area (Å²) in [4.78, 5) is 2.30. The molecular formula is C10H13BrN2. The van der Waals surface area contributed by atoms with Gasteiger partial charge in [-0.25, -0.2) is 0 Å². The number of para-hydroxylation sites is 1. The molecule has 1 atom stereocenters. The van der Waals surface area contributed by atoms with Crippen LogP contribution in [-0.2, 0) is 0 Å². The summed E-state index contributed by atoms with van der Waals surface area (Å²) in [5, 5.41) is 3.41. The normalized spacial score (nSPS) is 20.8. The zero-order valence-electron chi connectivity index (χ0n) is 7.84. The first-order valence-electron chi connectivity index (χ1n) is 4.45. The number of halogens is 1. The molecule has 70 valence electrons. The van der Waals surface area contributed by atoms with Gasteiger partial charge in [0, 0.05) is 24.1 Å². The standard InChI is InChI=1S/C10H13BrN2/c1-7-6-12-9-5-3-4-8(11)10(9)13(7)2/h3-5,7,12H,6H2,1-2H3. The summed E-state index contributed by atoms with van der Waals surface area (Å²) in [5.74, 6) is 0. The first-order chi connectivity index (χ1) is 6.20. The third-order valence-electron chi connectivity index (χ3n) is 2.59. The van der Waals surface area contributed by atoms with Crippen molar-refractivity contribution in [2.24, 2.45) is 0 Å². The summed E-state index contributed by atoms with van der Waals surface area (Å²) in [6.45, 7) is 3.23. The molecule has 0 saturated carbocycles. The molecule has 1 unspecified atom stereocenters. The molecule has 0 fully saturated rings. The van der Waals surface area contributed by atoms with Gasteiger partial charge in [0.2, 0.25) is 0 Å². The molecule has 3 heteroatoms. The Balaban J connectivity index is 2.51. The van der Waals surface area contributed by atoms with Crippen molar-refractivity contribution in [3.63, 3.8) is 0 Å². The third kappa shape index (κ3) is 1.41. The molecule has 1 heterocycles. The van der Waals surface area contributed by atoms with E-state index >= 15 is 0 Å². The van der Waals surface area contributed by atoms with Crippen molar-refractivity contribution in [1.82, 2.24) is 0 Å². The molecule has 1 aliphatic rings. The minimum Gasteiger partial charge on any atom is -0.381 e. The van der Waals surface area contributed by atoms with E-state index < -0.39 is 0 Å². The Morgan fingerprint density at radius 1 is 1.54 bits per heavy atom. The number of hydrogen-bond acceptors (Lipinski definition) is 2. The van der Waals surface area contributed by atoms with Crippen LogP contribution in [0.2, 0.25) is 0 Å². The van der Waals surface area contributed by atoms with E-state index in [1.165, 1.54) is 11.4 Å². The van der Waals surface area contributed by atoms with Gasteiger partial charge in [-0.05, 0) is 35.0 Å². The zero-order valence-corrected chi connectivity index (χ0v) is 9.43. The van der Waals surface area contributed by atoms with Crippen molar-refractivity contribution in [2.75, 3.05) is 23.8 Å². The van der Waals surface area contributed by atoms with Crippen LogP contribution < -0.4 is 10.2 Å². The average Bonchev–Trinajstić information content (AvgIpc) is 2.12. The van der Waals surface area contributed by atoms with Gasteiger partial charge >= 0.3 is 0 Å². The van der Waals surface area contributed by atoms with Crippen LogP contribution in [0.3, 0.4) is 0 Å². The zero-order chi connectivity index (χ0) is 9.42. The van der Waals surface area contributed by atoms with Crippen LogP contribution in [0.15, 0.2) is 22.7 Å². The fraction of sp³-hybridized carbons (Fsp3) is 0.400. The predicted molar refractivity (Wildman–Crippen MR) is 60.5 cm³/mol. The third-order valence-corrected chi connectivity index (χ3v) is 3.23. The Bertz CT molecular complexity index is 325. The van der Waals surface area contributed by atoms with E-state index in [0.29, 0.717) is 6.04 Å². The van der Waals surface area contributed by atoms with E-state index in [-0.39, 0.29) is 0 Å². The SMILES string of the molecule is CC1CNc2cccc(Br)c2N1C. The molecule has 1 aromatic rings. The van der Waals surface area contributed by atoms with Crippen LogP contribution in [0, 0.1) is 0 Å². The van der Waals surface area contributed by atoms with E-state index in [0.717, 1.165) is 11.0 Å². The number of fused-ring (bicyclic) bond motifs is 1. The lowest BCUT2D eigenvalue weighted by Gasteiger charge is -2.35. The molecule has 2 nitrogen and oxygen atoms in total. The number of rotatable bonds is 0. The van der Waals surface area contributed by atoms with Crippen molar-refractivity contribution in [3.8, 4) is 0 Å². The van der Waals surface area contributed by atoms with Crippen LogP contribution in [-0.4, -0.2) is 19.6 Å². The summed E-state index contributed by atoms with van der Waals surface area (Å²) in [5.41, 5.74) is 2.48. The minimum absolute atomic E-state index is 0.547. The fourth-order valence-corrected chi connectivity index (χ4v) is 2.28. The highest BCUT2D eigenvalue weighted by molar-refractivity contribution is 9.10. The molecule has 0 radical (unpaired) electrons. The molecule has 0 spiro atoms. The van der Waals surface area contributed by atoms with Crippen LogP contribution in [0.1, 0.15) is 6.92 Å². The van der Waals surface area contributed by atoms with E-state index in [4.69, 9.17) is 0 Å². The highest BCUT2D eigenvalue weighted by Gasteiger charge is 2.20. The van der Waals surface area contributed by atoms with Gasteiger partial charge in [0.15, 0.2) is 0 Å². The molecule has 0 amide bonds. The van der Waals surface area contributed by atoms with Gasteiger partial charge in [-0.2, -0.15) is 0 Å². The lowest BCUT2D eigenvalue weighted by atomic mass is 10.1. The topological polar surface area (TPSA) is 15.3 Å². The molecule has 0 aromatic heterocycles. The molecule has 0 saturated heterocycles. The largest absolute Gasteiger partial charge is 0.381 e. The highest BCUT2D eigenvalue weighted by atomic mass is 79.9. The maximum Gasteiger partial charge on any atom is 0.0746 e. The average molecular weight is 241 g/mol. The molecule has 1 aromatic carbocycles. The molecule has 1 aliphatic heterocycles. The van der Waals surface area contributed by atoms with E-state index in [1.54, 1.807) is 0 Å². The molecule has 0 bridgehead atoms. The second kappa shape index (κ2) is 3.22. The molecule has 0 aliphatic carbocycles. The number of hydrogen-bond donors (Lipinski definition) is 1. The van der Waals surface area contributed by atoms with Gasteiger partial charge in [0.25, 0.3) is 0 Å². The van der Waals surface area contributed by atoms with Gasteiger partial charge in [-0.3, -0.25) is 0 Å². The summed E-state index contributed by atoms with van der Waals surface area (Å²) < 4.78 is 1.16. The van der Waals surface area contributed by atoms with Crippen molar-refractivity contribution < 1.29 is 0 Å². The van der Waals surface area contributed by atoms with Gasteiger partial charge in [0.1, 0.15) is 0 Å². The number of nitrogens with one attached hydrogen (secondary N) is 1. The van der Waals surface area contributed by atoms with Gasteiger partial charge < -0.3 is 10.2 Å². The maximum absolute atomic E-state index is 3.57. The van der Waals surface area contributed by atoms with Crippen molar-refractivity contribution >= 4 is 27.3 Å². The lowest BCUT2D eigenvalue weighted by Crippen LogP contribution is -2.39. The summed E-state index contributed by atoms with van der Waals surface area (Å²) >= 11 is 3.57. The number of nitrogens with zero attached hydrogens (tertiary/aromatic N) is 1. The Morgan fingerprint density at radius 2 is 2.31 bits per heavy atom. The van der Waals surface area contributed by atoms with Crippen LogP contribution in [0.5, 0.6) is 0 Å². The number of benzene rings is 1. The van der Waals surface area contributed by atoms with E-state index in [1.807, 2.05) is 0 Å². The second-order valence-electron chi connectivity index (χ2n) is 3.48. The lowest BCUT2D eigenvalue weighted by molar-refractivity contribution is 0.698. The Hall–Kier alpha value is -0.700. The van der Waals surface area contributed by atoms with E-state index in [2.05, 4.69) is 58.3 Å². The van der Waals surface area contributed by atoms with Gasteiger partial charge in [-0.15, -0.1) is 0 Å². The quantitative estimate of drug-likeness (QED) is 0.751. The Kier molecular flexibility index (Phi) is 2.20. The minimum atomic E-state index is 0.547. The van der Waals surface area contributed by atoms with Gasteiger partial charge in [0.05, 0.1) is 11.4 Å². The Morgan fingerprint density at radius 3 is 3.08 bits per heavy atom. The van der Waals surface area contributed by atoms with Crippen molar-refractivity contribution in [1.29, 1.82) is 0 Å². The van der Waals surface area contributed by atoms with Crippen LogP contribution in [0.25, 0.3) is 0 Å². The van der Waals surface area contributed by atoms with Crippen molar-refractivity contribution in [2.45, 2.75) is 13.0 Å². The fourth-order valence-electron chi connectivity index (χ4n) is 1.63. The molecule has 1 N–H and O–H groups in total. The van der Waals surface area contributed by atoms with E-state index in [9.17, 15) is 0 Å². The van der Waals surface area contributed by atoms with Gasteiger partial charge in [-0.1, -0.05) is 6.07 Å². The van der Waals surface area contributed by atoms with Crippen LogP contribution >= 0.6 is 15.9 Å². The number of likely N-dealkylation sites (N-methyl/N-ethyl adjacent to an activating group) is 1. The molecule has 2 rings (SSSR count).